The smallest absolute Gasteiger partial charge is 0.253 e. The fourth-order valence-corrected chi connectivity index (χ4v) is 1.44. The van der Waals surface area contributed by atoms with Crippen molar-refractivity contribution in [2.75, 3.05) is 26.3 Å². The average Bonchev–Trinajstić information content (AvgIpc) is 2.25. The molecular formula is C11H20N2O2. The molecule has 1 aliphatic heterocycles. The second-order valence-corrected chi connectivity index (χ2v) is 3.72. The molecule has 1 saturated heterocycles. The molecule has 0 unspecified atom stereocenters. The highest BCUT2D eigenvalue weighted by Gasteiger charge is 2.15. The second kappa shape index (κ2) is 7.40. The molecule has 4 heteroatoms. The van der Waals surface area contributed by atoms with Crippen LogP contribution in [-0.2, 0) is 9.53 Å². The van der Waals surface area contributed by atoms with Crippen LogP contribution in [0.25, 0.3) is 0 Å². The quantitative estimate of drug-likeness (QED) is 0.380. The molecule has 0 atom stereocenters. The fraction of sp³-hybridized carbons (Fsp3) is 0.818. The number of hydrogen-bond acceptors (Lipinski definition) is 3. The van der Waals surface area contributed by atoms with E-state index >= 15 is 0 Å². The highest BCUT2D eigenvalue weighted by atomic mass is 16.5. The van der Waals surface area contributed by atoms with Gasteiger partial charge in [-0.2, -0.15) is 0 Å². The van der Waals surface area contributed by atoms with E-state index in [4.69, 9.17) is 4.74 Å². The van der Waals surface area contributed by atoms with E-state index in [9.17, 15) is 4.79 Å². The zero-order chi connectivity index (χ0) is 10.9. The van der Waals surface area contributed by atoms with E-state index in [0.29, 0.717) is 13.2 Å². The molecule has 0 aromatic heterocycles. The van der Waals surface area contributed by atoms with Crippen molar-refractivity contribution < 1.29 is 9.53 Å². The molecule has 0 aromatic rings. The van der Waals surface area contributed by atoms with E-state index in [1.807, 2.05) is 0 Å². The van der Waals surface area contributed by atoms with Gasteiger partial charge in [-0.25, -0.2) is 0 Å². The lowest BCUT2D eigenvalue weighted by molar-refractivity contribution is -0.137. The summed E-state index contributed by atoms with van der Waals surface area (Å²) in [6.45, 7) is 4.47. The van der Waals surface area contributed by atoms with Gasteiger partial charge in [0, 0.05) is 6.54 Å². The van der Waals surface area contributed by atoms with E-state index < -0.39 is 0 Å². The van der Waals surface area contributed by atoms with Crippen LogP contribution in [0.2, 0.25) is 0 Å². The number of carbonyl (C=O) groups is 1. The van der Waals surface area contributed by atoms with Crippen molar-refractivity contribution in [1.82, 2.24) is 4.90 Å². The maximum Gasteiger partial charge on any atom is 0.253 e. The Morgan fingerprint density at radius 3 is 3.07 bits per heavy atom. The van der Waals surface area contributed by atoms with Gasteiger partial charge in [-0.15, -0.1) is 0 Å². The molecule has 0 bridgehead atoms. The van der Waals surface area contributed by atoms with Gasteiger partial charge in [0.1, 0.15) is 6.61 Å². The summed E-state index contributed by atoms with van der Waals surface area (Å²) in [5.41, 5.74) is 0. The molecule has 1 heterocycles. The summed E-state index contributed by atoms with van der Waals surface area (Å²) in [6.07, 6.45) is 6.52. The van der Waals surface area contributed by atoms with E-state index in [0.717, 1.165) is 13.0 Å². The lowest BCUT2D eigenvalue weighted by Crippen LogP contribution is -2.40. The second-order valence-electron chi connectivity index (χ2n) is 3.72. The molecule has 0 N–H and O–H groups in total. The molecule has 1 fully saturated rings. The number of nitrogens with zero attached hydrogens (tertiary/aromatic N) is 2. The van der Waals surface area contributed by atoms with Crippen molar-refractivity contribution in [3.8, 4) is 0 Å². The summed E-state index contributed by atoms with van der Waals surface area (Å²) < 4.78 is 5.02. The van der Waals surface area contributed by atoms with Crippen molar-refractivity contribution in [2.45, 2.75) is 32.6 Å². The molecule has 4 nitrogen and oxygen atoms in total. The first kappa shape index (κ1) is 12.2. The number of carbonyl (C=O) groups excluding carboxylic acids is 1. The molecule has 0 saturated carbocycles. The Bertz CT molecular complexity index is 217. The minimum absolute atomic E-state index is 0.0126. The van der Waals surface area contributed by atoms with Crippen LogP contribution in [0, 0.1) is 0 Å². The van der Waals surface area contributed by atoms with Crippen molar-refractivity contribution in [3.63, 3.8) is 0 Å². The van der Waals surface area contributed by atoms with Gasteiger partial charge in [-0.3, -0.25) is 14.7 Å². The third kappa shape index (κ3) is 4.93. The molecule has 0 aliphatic carbocycles. The topological polar surface area (TPSA) is 41.9 Å². The molecule has 1 amide bonds. The Morgan fingerprint density at radius 1 is 1.47 bits per heavy atom. The number of morpholine rings is 1. The maximum atomic E-state index is 11.3. The van der Waals surface area contributed by atoms with Crippen LogP contribution in [-0.4, -0.2) is 43.4 Å². The molecule has 0 aromatic carbocycles. The number of amides is 1. The van der Waals surface area contributed by atoms with Crippen molar-refractivity contribution >= 4 is 12.2 Å². The van der Waals surface area contributed by atoms with Gasteiger partial charge in [-0.05, 0) is 6.42 Å². The molecule has 0 spiro atoms. The van der Waals surface area contributed by atoms with Crippen LogP contribution in [0.1, 0.15) is 32.6 Å². The summed E-state index contributed by atoms with van der Waals surface area (Å²) in [4.78, 5) is 17.2. The lowest BCUT2D eigenvalue weighted by atomic mass is 10.2. The molecule has 1 aliphatic rings. The summed E-state index contributed by atoms with van der Waals surface area (Å²) in [5, 5.41) is 0. The zero-order valence-electron chi connectivity index (χ0n) is 9.45. The predicted octanol–water partition coefficient (Wildman–Crippen LogP) is 1.45. The first-order valence-electron chi connectivity index (χ1n) is 5.71. The highest BCUT2D eigenvalue weighted by Crippen LogP contribution is 1.99. The predicted molar refractivity (Wildman–Crippen MR) is 60.0 cm³/mol. The Hall–Kier alpha value is -0.900. The van der Waals surface area contributed by atoms with Crippen molar-refractivity contribution in [3.05, 3.63) is 0 Å². The van der Waals surface area contributed by atoms with Gasteiger partial charge in [0.15, 0.2) is 0 Å². The van der Waals surface area contributed by atoms with E-state index in [2.05, 4.69) is 11.9 Å². The molecule has 15 heavy (non-hydrogen) atoms. The zero-order valence-corrected chi connectivity index (χ0v) is 9.45. The van der Waals surface area contributed by atoms with Crippen molar-refractivity contribution in [1.29, 1.82) is 0 Å². The van der Waals surface area contributed by atoms with Gasteiger partial charge in [-0.1, -0.05) is 26.2 Å². The summed E-state index contributed by atoms with van der Waals surface area (Å²) in [5.74, 6) is 0.0126. The van der Waals surface area contributed by atoms with Gasteiger partial charge in [0.2, 0.25) is 0 Å². The van der Waals surface area contributed by atoms with Crippen LogP contribution in [0.5, 0.6) is 0 Å². The van der Waals surface area contributed by atoms with Crippen LogP contribution < -0.4 is 0 Å². The normalized spacial score (nSPS) is 17.7. The first-order chi connectivity index (χ1) is 7.34. The molecule has 86 valence electrons. The standard InChI is InChI=1S/C11H20N2O2/c1-2-3-4-5-6-12-10-13-7-8-15-9-11(13)14/h10H,2-9H2,1H3. The number of aliphatic imine (C=N–C) groups is 1. The number of hydrogen-bond donors (Lipinski definition) is 0. The van der Waals surface area contributed by atoms with Crippen LogP contribution >= 0.6 is 0 Å². The molecular weight excluding hydrogens is 192 g/mol. The summed E-state index contributed by atoms with van der Waals surface area (Å²) in [7, 11) is 0. The van der Waals surface area contributed by atoms with Crippen LogP contribution in [0.4, 0.5) is 0 Å². The third-order valence-electron chi connectivity index (χ3n) is 2.38. The lowest BCUT2D eigenvalue weighted by Gasteiger charge is -2.22. The fourth-order valence-electron chi connectivity index (χ4n) is 1.44. The monoisotopic (exact) mass is 212 g/mol. The Balaban J connectivity index is 2.10. The highest BCUT2D eigenvalue weighted by molar-refractivity contribution is 5.88. The molecule has 1 rings (SSSR count). The Kier molecular flexibility index (Phi) is 6.00. The number of rotatable bonds is 6. The van der Waals surface area contributed by atoms with Crippen molar-refractivity contribution in [2.24, 2.45) is 4.99 Å². The van der Waals surface area contributed by atoms with E-state index in [1.165, 1.54) is 19.3 Å². The van der Waals surface area contributed by atoms with Gasteiger partial charge in [0.25, 0.3) is 5.91 Å². The number of unbranched alkanes of at least 4 members (excludes halogenated alkanes) is 3. The van der Waals surface area contributed by atoms with Gasteiger partial charge in [0.05, 0.1) is 19.5 Å². The maximum absolute atomic E-state index is 11.3. The average molecular weight is 212 g/mol. The summed E-state index contributed by atoms with van der Waals surface area (Å²) >= 11 is 0. The largest absolute Gasteiger partial charge is 0.370 e. The molecule has 0 radical (unpaired) electrons. The van der Waals surface area contributed by atoms with Gasteiger partial charge < -0.3 is 4.74 Å². The number of ether oxygens (including phenoxy) is 1. The van der Waals surface area contributed by atoms with Gasteiger partial charge >= 0.3 is 0 Å². The summed E-state index contributed by atoms with van der Waals surface area (Å²) in [6, 6.07) is 0. The minimum atomic E-state index is 0.0126. The minimum Gasteiger partial charge on any atom is -0.370 e. The first-order valence-corrected chi connectivity index (χ1v) is 5.71. The van der Waals surface area contributed by atoms with Crippen LogP contribution in [0.3, 0.4) is 0 Å². The third-order valence-corrected chi connectivity index (χ3v) is 2.38. The Labute approximate surface area is 91.3 Å². The van der Waals surface area contributed by atoms with E-state index in [1.54, 1.807) is 11.2 Å². The van der Waals surface area contributed by atoms with E-state index in [-0.39, 0.29) is 12.5 Å². The SMILES string of the molecule is CCCCCCN=CN1CCOCC1=O. The Morgan fingerprint density at radius 2 is 2.33 bits per heavy atom. The van der Waals surface area contributed by atoms with Crippen LogP contribution in [0.15, 0.2) is 4.99 Å².